The van der Waals surface area contributed by atoms with Crippen molar-refractivity contribution in [3.05, 3.63) is 90.0 Å². The van der Waals surface area contributed by atoms with Gasteiger partial charge in [-0.3, -0.25) is 0 Å². The molecule has 5 nitrogen and oxygen atoms in total. The van der Waals surface area contributed by atoms with E-state index in [2.05, 4.69) is 20.5 Å². The van der Waals surface area contributed by atoms with Gasteiger partial charge in [0.2, 0.25) is 0 Å². The molecule has 29 heavy (non-hydrogen) atoms. The highest BCUT2D eigenvalue weighted by atomic mass is 16.3. The highest BCUT2D eigenvalue weighted by molar-refractivity contribution is 5.95. The molecule has 0 fully saturated rings. The van der Waals surface area contributed by atoms with Gasteiger partial charge in [-0.15, -0.1) is 5.11 Å². The quantitative estimate of drug-likeness (QED) is 0.358. The fourth-order valence-electron chi connectivity index (χ4n) is 3.07. The van der Waals surface area contributed by atoms with Gasteiger partial charge in [0.1, 0.15) is 11.4 Å². The summed E-state index contributed by atoms with van der Waals surface area (Å²) >= 11 is 0. The Morgan fingerprint density at radius 3 is 1.93 bits per heavy atom. The highest BCUT2D eigenvalue weighted by Crippen LogP contribution is 2.37. The van der Waals surface area contributed by atoms with E-state index in [0.29, 0.717) is 5.69 Å². The average Bonchev–Trinajstić information content (AvgIpc) is 2.76. The van der Waals surface area contributed by atoms with Crippen molar-refractivity contribution in [3.63, 3.8) is 0 Å². The molecule has 142 valence electrons. The molecule has 4 aromatic carbocycles. The van der Waals surface area contributed by atoms with E-state index in [-0.39, 0.29) is 5.75 Å². The zero-order valence-corrected chi connectivity index (χ0v) is 16.2. The van der Waals surface area contributed by atoms with Crippen molar-refractivity contribution in [2.75, 3.05) is 0 Å². The van der Waals surface area contributed by atoms with Crippen LogP contribution in [-0.2, 0) is 0 Å². The summed E-state index contributed by atoms with van der Waals surface area (Å²) in [7, 11) is 0. The topological polar surface area (TPSA) is 69.7 Å². The maximum atomic E-state index is 10.3. The van der Waals surface area contributed by atoms with Gasteiger partial charge in [0.15, 0.2) is 0 Å². The van der Waals surface area contributed by atoms with E-state index in [0.717, 1.165) is 39.0 Å². The number of rotatable bonds is 4. The fraction of sp³-hybridized carbons (Fsp3) is 0.0833. The van der Waals surface area contributed by atoms with Crippen LogP contribution in [0, 0.1) is 13.8 Å². The van der Waals surface area contributed by atoms with Gasteiger partial charge in [0.25, 0.3) is 0 Å². The molecular weight excluding hydrogens is 360 g/mol. The number of azo groups is 2. The van der Waals surface area contributed by atoms with E-state index in [1.54, 1.807) is 6.07 Å². The minimum Gasteiger partial charge on any atom is -0.506 e. The Morgan fingerprint density at radius 1 is 0.586 bits per heavy atom. The van der Waals surface area contributed by atoms with Crippen molar-refractivity contribution in [2.45, 2.75) is 13.8 Å². The zero-order valence-electron chi connectivity index (χ0n) is 16.2. The molecule has 0 saturated heterocycles. The van der Waals surface area contributed by atoms with Crippen LogP contribution in [0.3, 0.4) is 0 Å². The maximum Gasteiger partial charge on any atom is 0.143 e. The van der Waals surface area contributed by atoms with Crippen LogP contribution in [0.2, 0.25) is 0 Å². The normalized spacial score (nSPS) is 11.7. The summed E-state index contributed by atoms with van der Waals surface area (Å²) < 4.78 is 0. The molecule has 0 bridgehead atoms. The fourth-order valence-corrected chi connectivity index (χ4v) is 3.07. The Hall–Kier alpha value is -3.86. The number of nitrogens with zero attached hydrogens (tertiary/aromatic N) is 4. The Kier molecular flexibility index (Phi) is 5.12. The monoisotopic (exact) mass is 380 g/mol. The van der Waals surface area contributed by atoms with E-state index >= 15 is 0 Å². The number of fused-ring (bicyclic) bond motifs is 1. The first-order valence-corrected chi connectivity index (χ1v) is 9.33. The summed E-state index contributed by atoms with van der Waals surface area (Å²) in [5.74, 6) is 0.107. The predicted octanol–water partition coefficient (Wildman–Crippen LogP) is 7.99. The van der Waals surface area contributed by atoms with Crippen LogP contribution in [0.15, 0.2) is 99.3 Å². The maximum absolute atomic E-state index is 10.3. The van der Waals surface area contributed by atoms with E-state index in [4.69, 9.17) is 0 Å². The van der Waals surface area contributed by atoms with Crippen LogP contribution in [-0.4, -0.2) is 5.11 Å². The Morgan fingerprint density at radius 2 is 1.21 bits per heavy atom. The second-order valence-electron chi connectivity index (χ2n) is 6.74. The van der Waals surface area contributed by atoms with Crippen molar-refractivity contribution in [2.24, 2.45) is 20.5 Å². The molecule has 0 spiro atoms. The zero-order chi connectivity index (χ0) is 20.2. The molecule has 0 aliphatic carbocycles. The third-order valence-electron chi connectivity index (χ3n) is 4.90. The molecule has 0 saturated carbocycles. The predicted molar refractivity (Wildman–Crippen MR) is 116 cm³/mol. The molecule has 4 aromatic rings. The Balaban J connectivity index is 1.66. The van der Waals surface area contributed by atoms with Crippen LogP contribution < -0.4 is 0 Å². The van der Waals surface area contributed by atoms with E-state index in [1.807, 2.05) is 86.6 Å². The van der Waals surface area contributed by atoms with Crippen molar-refractivity contribution in [3.8, 4) is 5.75 Å². The van der Waals surface area contributed by atoms with Gasteiger partial charge in [0, 0.05) is 5.39 Å². The number of aromatic hydroxyl groups is 1. The molecule has 5 heteroatoms. The first kappa shape index (κ1) is 18.5. The summed E-state index contributed by atoms with van der Waals surface area (Å²) in [4.78, 5) is 0. The molecule has 0 atom stereocenters. The number of hydrogen-bond donors (Lipinski definition) is 1. The molecule has 0 aromatic heterocycles. The smallest absolute Gasteiger partial charge is 0.143 e. The Labute approximate surface area is 169 Å². The van der Waals surface area contributed by atoms with Gasteiger partial charge < -0.3 is 5.11 Å². The summed E-state index contributed by atoms with van der Waals surface area (Å²) in [5, 5.41) is 29.5. The van der Waals surface area contributed by atoms with Crippen LogP contribution in [0.4, 0.5) is 22.7 Å². The molecule has 4 rings (SSSR count). The first-order chi connectivity index (χ1) is 14.1. The molecule has 1 N–H and O–H groups in total. The standard InChI is InChI=1S/C24H20N4O/c1-16-17(2)22(14-13-21(16)26-25-19-9-4-3-5-10-19)27-28-24-20-11-7-6-8-18(20)12-15-23(24)29/h3-15,29H,1-2H3/b26-25+,28-27?. The van der Waals surface area contributed by atoms with Gasteiger partial charge in [0.05, 0.1) is 17.1 Å². The molecule has 0 heterocycles. The molecule has 0 aliphatic rings. The van der Waals surface area contributed by atoms with Gasteiger partial charge in [-0.05, 0) is 60.7 Å². The molecule has 0 aliphatic heterocycles. The van der Waals surface area contributed by atoms with E-state index < -0.39 is 0 Å². The lowest BCUT2D eigenvalue weighted by atomic mass is 10.1. The summed E-state index contributed by atoms with van der Waals surface area (Å²) in [5.41, 5.74) is 4.75. The van der Waals surface area contributed by atoms with Crippen molar-refractivity contribution in [1.29, 1.82) is 0 Å². The van der Waals surface area contributed by atoms with Crippen LogP contribution in [0.25, 0.3) is 10.8 Å². The van der Waals surface area contributed by atoms with Crippen LogP contribution in [0.1, 0.15) is 11.1 Å². The van der Waals surface area contributed by atoms with E-state index in [1.165, 1.54) is 0 Å². The largest absolute Gasteiger partial charge is 0.506 e. The second kappa shape index (κ2) is 8.02. The van der Waals surface area contributed by atoms with Crippen molar-refractivity contribution >= 4 is 33.5 Å². The molecule has 0 amide bonds. The molecular formula is C24H20N4O. The minimum absolute atomic E-state index is 0.107. The lowest BCUT2D eigenvalue weighted by Crippen LogP contribution is -1.82. The minimum atomic E-state index is 0.107. The average molecular weight is 380 g/mol. The molecule has 0 radical (unpaired) electrons. The summed E-state index contributed by atoms with van der Waals surface area (Å²) in [6, 6.07) is 24.7. The highest BCUT2D eigenvalue weighted by Gasteiger charge is 2.08. The van der Waals surface area contributed by atoms with Gasteiger partial charge in [-0.2, -0.15) is 15.3 Å². The van der Waals surface area contributed by atoms with E-state index in [9.17, 15) is 5.11 Å². The summed E-state index contributed by atoms with van der Waals surface area (Å²) in [6.07, 6.45) is 0. The number of phenolic OH excluding ortho intramolecular Hbond substituents is 1. The van der Waals surface area contributed by atoms with Gasteiger partial charge in [-0.25, -0.2) is 0 Å². The van der Waals surface area contributed by atoms with Gasteiger partial charge >= 0.3 is 0 Å². The summed E-state index contributed by atoms with van der Waals surface area (Å²) in [6.45, 7) is 3.97. The lowest BCUT2D eigenvalue weighted by Gasteiger charge is -2.07. The second-order valence-corrected chi connectivity index (χ2v) is 6.74. The third-order valence-corrected chi connectivity index (χ3v) is 4.90. The van der Waals surface area contributed by atoms with Gasteiger partial charge in [-0.1, -0.05) is 48.5 Å². The Bertz CT molecular complexity index is 1230. The lowest BCUT2D eigenvalue weighted by molar-refractivity contribution is 0.477. The number of benzene rings is 4. The SMILES string of the molecule is Cc1c(N=Nc2c(O)ccc3ccccc23)ccc(/N=N/c2ccccc2)c1C. The number of hydrogen-bond acceptors (Lipinski definition) is 5. The number of phenols is 1. The van der Waals surface area contributed by atoms with Crippen LogP contribution >= 0.6 is 0 Å². The molecule has 0 unspecified atom stereocenters. The first-order valence-electron chi connectivity index (χ1n) is 9.33. The van der Waals surface area contributed by atoms with Crippen molar-refractivity contribution < 1.29 is 5.11 Å². The third kappa shape index (κ3) is 3.89. The van der Waals surface area contributed by atoms with Crippen LogP contribution in [0.5, 0.6) is 5.75 Å². The van der Waals surface area contributed by atoms with Crippen molar-refractivity contribution in [1.82, 2.24) is 0 Å².